The zero-order chi connectivity index (χ0) is 17.4. The van der Waals surface area contributed by atoms with E-state index in [0.717, 1.165) is 11.4 Å². The Kier molecular flexibility index (Phi) is 3.77. The Bertz CT molecular complexity index is 874. The lowest BCUT2D eigenvalue weighted by Gasteiger charge is -2.42. The van der Waals surface area contributed by atoms with Gasteiger partial charge >= 0.3 is 0 Å². The first-order chi connectivity index (χ1) is 12.1. The minimum Gasteiger partial charge on any atom is -0.448 e. The largest absolute Gasteiger partial charge is 0.448 e. The van der Waals surface area contributed by atoms with Crippen molar-refractivity contribution in [3.63, 3.8) is 0 Å². The Hall–Kier alpha value is -3.07. The van der Waals surface area contributed by atoms with Crippen molar-refractivity contribution in [3.05, 3.63) is 54.3 Å². The molecule has 0 aromatic carbocycles. The fraction of sp³-hybridized carbons (Fsp3) is 0.312. The normalized spacial score (nSPS) is 19.7. The zero-order valence-corrected chi connectivity index (χ0v) is 13.5. The summed E-state index contributed by atoms with van der Waals surface area (Å²) in [6.45, 7) is 2.12. The van der Waals surface area contributed by atoms with E-state index in [1.54, 1.807) is 30.4 Å². The molecule has 1 fully saturated rings. The molecule has 1 saturated heterocycles. The van der Waals surface area contributed by atoms with Crippen LogP contribution in [-0.4, -0.2) is 59.6 Å². The molecule has 9 heteroatoms. The molecule has 128 valence electrons. The third kappa shape index (κ3) is 2.89. The molecular formula is C16H16N6O3. The number of aliphatic hydroxyl groups excluding tert-OH is 1. The number of oxazole rings is 1. The summed E-state index contributed by atoms with van der Waals surface area (Å²) in [5.41, 5.74) is 1.75. The predicted molar refractivity (Wildman–Crippen MR) is 85.0 cm³/mol. The van der Waals surface area contributed by atoms with Gasteiger partial charge in [-0.25, -0.2) is 4.98 Å². The number of nitrogens with zero attached hydrogens (tertiary/aromatic N) is 6. The summed E-state index contributed by atoms with van der Waals surface area (Å²) in [7, 11) is 0. The van der Waals surface area contributed by atoms with Gasteiger partial charge in [0.15, 0.2) is 5.69 Å². The first kappa shape index (κ1) is 15.5. The Labute approximate surface area is 142 Å². The van der Waals surface area contributed by atoms with Crippen molar-refractivity contribution in [3.8, 4) is 5.69 Å². The summed E-state index contributed by atoms with van der Waals surface area (Å²) in [4.78, 5) is 23.9. The van der Waals surface area contributed by atoms with Crippen molar-refractivity contribution in [1.82, 2.24) is 29.9 Å². The molecule has 3 aromatic rings. The molecule has 0 saturated carbocycles. The second kappa shape index (κ2) is 6.10. The molecular weight excluding hydrogens is 324 g/mol. The van der Waals surface area contributed by atoms with Crippen molar-refractivity contribution in [2.45, 2.75) is 25.5 Å². The number of carbonyl (C=O) groups excluding carboxylic acids is 1. The summed E-state index contributed by atoms with van der Waals surface area (Å²) < 4.78 is 5.38. The number of carbonyl (C=O) groups is 1. The van der Waals surface area contributed by atoms with Crippen LogP contribution < -0.4 is 0 Å². The highest BCUT2D eigenvalue weighted by molar-refractivity contribution is 5.92. The Morgan fingerprint density at radius 3 is 2.80 bits per heavy atom. The van der Waals surface area contributed by atoms with Crippen molar-refractivity contribution >= 4 is 5.91 Å². The lowest BCUT2D eigenvalue weighted by Crippen LogP contribution is -2.60. The van der Waals surface area contributed by atoms with Crippen molar-refractivity contribution in [1.29, 1.82) is 0 Å². The number of aliphatic hydroxyl groups is 1. The number of β-amino-alcohol motifs (C(OH)–C–C–N with tert-alkyl or cyclic N) is 1. The molecule has 4 heterocycles. The molecule has 0 bridgehead atoms. The smallest absolute Gasteiger partial charge is 0.276 e. The third-order valence-electron chi connectivity index (χ3n) is 4.26. The average molecular weight is 340 g/mol. The molecule has 2 atom stereocenters. The summed E-state index contributed by atoms with van der Waals surface area (Å²) in [5, 5.41) is 17.6. The van der Waals surface area contributed by atoms with Crippen LogP contribution in [0, 0.1) is 0 Å². The fourth-order valence-electron chi connectivity index (χ4n) is 2.64. The van der Waals surface area contributed by atoms with Crippen LogP contribution in [-0.2, 0) is 6.42 Å². The van der Waals surface area contributed by atoms with Gasteiger partial charge in [0.1, 0.15) is 12.0 Å². The van der Waals surface area contributed by atoms with Crippen LogP contribution in [0.4, 0.5) is 0 Å². The Balaban J connectivity index is 1.43. The highest BCUT2D eigenvalue weighted by Gasteiger charge is 2.38. The first-order valence-corrected chi connectivity index (χ1v) is 7.87. The fourth-order valence-corrected chi connectivity index (χ4v) is 2.64. The van der Waals surface area contributed by atoms with E-state index in [1.807, 2.05) is 12.1 Å². The number of rotatable bonds is 4. The molecule has 1 aliphatic rings. The van der Waals surface area contributed by atoms with Crippen LogP contribution in [0.5, 0.6) is 0 Å². The number of amides is 1. The van der Waals surface area contributed by atoms with Gasteiger partial charge in [-0.15, -0.1) is 0 Å². The average Bonchev–Trinajstić information content (AvgIpc) is 3.31. The van der Waals surface area contributed by atoms with Gasteiger partial charge in [0.2, 0.25) is 5.89 Å². The molecule has 1 N–H and O–H groups in total. The molecule has 1 aliphatic heterocycles. The number of pyridine rings is 1. The summed E-state index contributed by atoms with van der Waals surface area (Å²) in [6, 6.07) is 3.48. The summed E-state index contributed by atoms with van der Waals surface area (Å²) in [5.74, 6) is 0.176. The van der Waals surface area contributed by atoms with E-state index in [2.05, 4.69) is 20.2 Å². The monoisotopic (exact) mass is 340 g/mol. The van der Waals surface area contributed by atoms with Gasteiger partial charge in [0, 0.05) is 12.2 Å². The minimum atomic E-state index is -0.470. The van der Waals surface area contributed by atoms with E-state index >= 15 is 0 Å². The molecule has 0 unspecified atom stereocenters. The molecule has 0 spiro atoms. The second-order valence-electron chi connectivity index (χ2n) is 5.89. The second-order valence-corrected chi connectivity index (χ2v) is 5.89. The lowest BCUT2D eigenvalue weighted by atomic mass is 10.0. The van der Waals surface area contributed by atoms with Crippen LogP contribution in [0.2, 0.25) is 0 Å². The van der Waals surface area contributed by atoms with Crippen molar-refractivity contribution in [2.75, 3.05) is 6.54 Å². The maximum atomic E-state index is 12.3. The van der Waals surface area contributed by atoms with E-state index in [4.69, 9.17) is 4.42 Å². The Morgan fingerprint density at radius 1 is 1.36 bits per heavy atom. The van der Waals surface area contributed by atoms with Gasteiger partial charge in [-0.3, -0.25) is 9.78 Å². The molecule has 0 radical (unpaired) electrons. The van der Waals surface area contributed by atoms with Crippen molar-refractivity contribution < 1.29 is 14.3 Å². The lowest BCUT2D eigenvalue weighted by molar-refractivity contribution is -0.0360. The molecule has 4 rings (SSSR count). The number of hydrogen-bond acceptors (Lipinski definition) is 7. The number of hydrogen-bond donors (Lipinski definition) is 1. The molecule has 9 nitrogen and oxygen atoms in total. The molecule has 25 heavy (non-hydrogen) atoms. The van der Waals surface area contributed by atoms with Crippen LogP contribution in [0.25, 0.3) is 5.69 Å². The SMILES string of the molecule is C[C@@H]1[C@@H](O)CN1C(=O)c1coc(Cc2ccc(-n3nccn3)cn2)n1. The van der Waals surface area contributed by atoms with Crippen LogP contribution in [0.3, 0.4) is 0 Å². The van der Waals surface area contributed by atoms with Crippen LogP contribution in [0.1, 0.15) is 29.0 Å². The van der Waals surface area contributed by atoms with Gasteiger partial charge < -0.3 is 14.4 Å². The Morgan fingerprint density at radius 2 is 2.16 bits per heavy atom. The van der Waals surface area contributed by atoms with E-state index in [0.29, 0.717) is 18.9 Å². The minimum absolute atomic E-state index is 0.197. The van der Waals surface area contributed by atoms with Gasteiger partial charge in [-0.05, 0) is 19.1 Å². The molecule has 1 amide bonds. The quantitative estimate of drug-likeness (QED) is 0.734. The summed E-state index contributed by atoms with van der Waals surface area (Å²) in [6.07, 6.45) is 6.10. The highest BCUT2D eigenvalue weighted by atomic mass is 16.3. The van der Waals surface area contributed by atoms with E-state index in [-0.39, 0.29) is 17.6 Å². The van der Waals surface area contributed by atoms with E-state index < -0.39 is 6.10 Å². The van der Waals surface area contributed by atoms with Crippen molar-refractivity contribution in [2.24, 2.45) is 0 Å². The summed E-state index contributed by atoms with van der Waals surface area (Å²) >= 11 is 0. The van der Waals surface area contributed by atoms with E-state index in [1.165, 1.54) is 11.1 Å². The standard InChI is InChI=1S/C16H16N6O3/c1-10-14(23)8-21(10)16(24)13-9-25-15(20-13)6-11-2-3-12(7-17-11)22-18-4-5-19-22/h2-5,7,9-10,14,23H,6,8H2,1H3/t10-,14+/m1/s1. The van der Waals surface area contributed by atoms with Gasteiger partial charge in [-0.2, -0.15) is 15.0 Å². The maximum Gasteiger partial charge on any atom is 0.276 e. The maximum absolute atomic E-state index is 12.3. The first-order valence-electron chi connectivity index (χ1n) is 7.87. The molecule has 0 aliphatic carbocycles. The van der Waals surface area contributed by atoms with Crippen LogP contribution in [0.15, 0.2) is 41.4 Å². The third-order valence-corrected chi connectivity index (χ3v) is 4.26. The van der Waals surface area contributed by atoms with Gasteiger partial charge in [-0.1, -0.05) is 0 Å². The van der Waals surface area contributed by atoms with E-state index in [9.17, 15) is 9.90 Å². The topological polar surface area (TPSA) is 110 Å². The predicted octanol–water partition coefficient (Wildman–Crippen LogP) is 0.446. The number of likely N-dealkylation sites (tertiary alicyclic amines) is 1. The molecule has 3 aromatic heterocycles. The highest BCUT2D eigenvalue weighted by Crippen LogP contribution is 2.20. The number of aromatic nitrogens is 5. The van der Waals surface area contributed by atoms with Crippen LogP contribution >= 0.6 is 0 Å². The van der Waals surface area contributed by atoms with Gasteiger partial charge in [0.05, 0.1) is 37.2 Å². The zero-order valence-electron chi connectivity index (χ0n) is 13.5. The van der Waals surface area contributed by atoms with Gasteiger partial charge in [0.25, 0.3) is 5.91 Å².